The highest BCUT2D eigenvalue weighted by atomic mass is 16.5. The van der Waals surface area contributed by atoms with Crippen LogP contribution in [0.1, 0.15) is 48.5 Å². The van der Waals surface area contributed by atoms with Crippen LogP contribution in [0.15, 0.2) is 18.2 Å². The van der Waals surface area contributed by atoms with E-state index in [1.54, 1.807) is 20.1 Å². The van der Waals surface area contributed by atoms with Crippen molar-refractivity contribution in [2.45, 2.75) is 45.2 Å². The van der Waals surface area contributed by atoms with E-state index >= 15 is 0 Å². The molecule has 1 aromatic rings. The number of carbonyl (C=O) groups is 1. The lowest BCUT2D eigenvalue weighted by molar-refractivity contribution is 0.101. The summed E-state index contributed by atoms with van der Waals surface area (Å²) in [4.78, 5) is 13.9. The number of methoxy groups -OCH3 is 1. The number of rotatable bonds is 5. The number of benzene rings is 1. The molecule has 116 valence electrons. The molecule has 1 aliphatic heterocycles. The molecule has 1 atom stereocenters. The Kier molecular flexibility index (Phi) is 5.76. The molecule has 0 aromatic heterocycles. The molecule has 0 amide bonds. The summed E-state index contributed by atoms with van der Waals surface area (Å²) in [5.74, 6) is 0.870. The van der Waals surface area contributed by atoms with Gasteiger partial charge in [0.1, 0.15) is 5.75 Å². The zero-order valence-electron chi connectivity index (χ0n) is 13.0. The third-order valence-electron chi connectivity index (χ3n) is 4.27. The highest BCUT2D eigenvalue weighted by Crippen LogP contribution is 2.25. The average molecular weight is 291 g/mol. The van der Waals surface area contributed by atoms with Gasteiger partial charge in [0, 0.05) is 23.7 Å². The molecular weight excluding hydrogens is 266 g/mol. The largest absolute Gasteiger partial charge is 0.496 e. The van der Waals surface area contributed by atoms with Crippen LogP contribution in [0.4, 0.5) is 0 Å². The van der Waals surface area contributed by atoms with E-state index in [1.807, 2.05) is 12.1 Å². The van der Waals surface area contributed by atoms with Crippen LogP contribution in [0.2, 0.25) is 0 Å². The number of aliphatic hydroxyl groups excluding tert-OH is 1. The van der Waals surface area contributed by atoms with Gasteiger partial charge in [0.25, 0.3) is 0 Å². The number of hydrogen-bond acceptors (Lipinski definition) is 4. The summed E-state index contributed by atoms with van der Waals surface area (Å²) >= 11 is 0. The van der Waals surface area contributed by atoms with Gasteiger partial charge in [-0.2, -0.15) is 0 Å². The molecule has 1 unspecified atom stereocenters. The predicted molar refractivity (Wildman–Crippen MR) is 82.8 cm³/mol. The Balaban J connectivity index is 2.23. The fraction of sp³-hybridized carbons (Fsp3) is 0.588. The van der Waals surface area contributed by atoms with Crippen molar-refractivity contribution in [3.8, 4) is 5.75 Å². The molecule has 1 N–H and O–H groups in total. The summed E-state index contributed by atoms with van der Waals surface area (Å²) in [6, 6.07) is 5.78. The number of nitrogens with zero attached hydrogens (tertiary/aromatic N) is 1. The third kappa shape index (κ3) is 4.05. The Labute approximate surface area is 126 Å². The summed E-state index contributed by atoms with van der Waals surface area (Å²) in [6.07, 6.45) is 4.58. The second-order valence-corrected chi connectivity index (χ2v) is 5.74. The molecule has 4 heteroatoms. The Morgan fingerprint density at radius 2 is 2.19 bits per heavy atom. The van der Waals surface area contributed by atoms with E-state index in [9.17, 15) is 9.90 Å². The van der Waals surface area contributed by atoms with Crippen LogP contribution in [0.25, 0.3) is 0 Å². The van der Waals surface area contributed by atoms with Crippen molar-refractivity contribution >= 4 is 5.78 Å². The minimum absolute atomic E-state index is 0.0634. The molecular formula is C17H25NO3. The van der Waals surface area contributed by atoms with E-state index in [2.05, 4.69) is 4.90 Å². The van der Waals surface area contributed by atoms with Crippen molar-refractivity contribution < 1.29 is 14.6 Å². The Morgan fingerprint density at radius 1 is 1.38 bits per heavy atom. The van der Waals surface area contributed by atoms with Crippen LogP contribution in [-0.4, -0.2) is 42.1 Å². The van der Waals surface area contributed by atoms with Crippen LogP contribution >= 0.6 is 0 Å². The minimum Gasteiger partial charge on any atom is -0.496 e. The molecule has 0 spiro atoms. The maximum atomic E-state index is 11.6. The number of carbonyl (C=O) groups excluding carboxylic acids is 1. The van der Waals surface area contributed by atoms with Crippen molar-refractivity contribution in [2.24, 2.45) is 0 Å². The normalized spacial score (nSPS) is 20.0. The fourth-order valence-corrected chi connectivity index (χ4v) is 2.99. The number of hydrogen-bond donors (Lipinski definition) is 1. The van der Waals surface area contributed by atoms with Gasteiger partial charge in [-0.3, -0.25) is 9.69 Å². The maximum Gasteiger partial charge on any atom is 0.159 e. The predicted octanol–water partition coefficient (Wildman–Crippen LogP) is 2.63. The second-order valence-electron chi connectivity index (χ2n) is 5.74. The molecule has 2 rings (SSSR count). The van der Waals surface area contributed by atoms with Crippen molar-refractivity contribution in [2.75, 3.05) is 20.3 Å². The summed E-state index contributed by atoms with van der Waals surface area (Å²) in [6.45, 7) is 3.47. The average Bonchev–Trinajstić information content (AvgIpc) is 2.72. The lowest BCUT2D eigenvalue weighted by Crippen LogP contribution is -2.37. The van der Waals surface area contributed by atoms with Gasteiger partial charge in [0.15, 0.2) is 5.78 Å². The molecule has 0 bridgehead atoms. The molecule has 0 aliphatic carbocycles. The maximum absolute atomic E-state index is 11.6. The molecule has 4 nitrogen and oxygen atoms in total. The molecule has 1 saturated heterocycles. The molecule has 0 saturated carbocycles. The highest BCUT2D eigenvalue weighted by Gasteiger charge is 2.21. The molecule has 1 fully saturated rings. The van der Waals surface area contributed by atoms with Crippen molar-refractivity contribution in [1.82, 2.24) is 4.90 Å². The van der Waals surface area contributed by atoms with Crippen LogP contribution in [-0.2, 0) is 6.54 Å². The molecule has 1 aliphatic rings. The smallest absolute Gasteiger partial charge is 0.159 e. The van der Waals surface area contributed by atoms with Crippen LogP contribution in [0.3, 0.4) is 0 Å². The minimum atomic E-state index is 0.0634. The van der Waals surface area contributed by atoms with E-state index in [-0.39, 0.29) is 18.4 Å². The van der Waals surface area contributed by atoms with Crippen molar-refractivity contribution in [3.05, 3.63) is 29.3 Å². The lowest BCUT2D eigenvalue weighted by atomic mass is 10.1. The Morgan fingerprint density at radius 3 is 2.86 bits per heavy atom. The number of Topliss-reactive ketones (excluding diaryl/α,β-unsaturated/α-hetero) is 1. The van der Waals surface area contributed by atoms with Gasteiger partial charge in [-0.15, -0.1) is 0 Å². The van der Waals surface area contributed by atoms with Gasteiger partial charge in [0.2, 0.25) is 0 Å². The first-order chi connectivity index (χ1) is 10.2. The molecule has 1 heterocycles. The highest BCUT2D eigenvalue weighted by molar-refractivity contribution is 5.94. The van der Waals surface area contributed by atoms with Gasteiger partial charge in [-0.05, 0) is 44.5 Å². The van der Waals surface area contributed by atoms with Gasteiger partial charge >= 0.3 is 0 Å². The second kappa shape index (κ2) is 7.57. The third-order valence-corrected chi connectivity index (χ3v) is 4.27. The monoisotopic (exact) mass is 291 g/mol. The SMILES string of the molecule is COc1ccc(C(C)=O)cc1CN1CCCCCC1CO. The first kappa shape index (κ1) is 16.0. The molecule has 0 radical (unpaired) electrons. The molecule has 21 heavy (non-hydrogen) atoms. The van der Waals surface area contributed by atoms with Gasteiger partial charge in [-0.25, -0.2) is 0 Å². The standard InChI is InChI=1S/C17H25NO3/c1-13(20)14-7-8-17(21-2)15(10-14)11-18-9-5-3-4-6-16(18)12-19/h7-8,10,16,19H,3-6,9,11-12H2,1-2H3. The first-order valence-corrected chi connectivity index (χ1v) is 7.68. The lowest BCUT2D eigenvalue weighted by Gasteiger charge is -2.29. The van der Waals surface area contributed by atoms with Crippen molar-refractivity contribution in [1.29, 1.82) is 0 Å². The van der Waals surface area contributed by atoms with Gasteiger partial charge in [0.05, 0.1) is 13.7 Å². The Bertz CT molecular complexity index is 487. The van der Waals surface area contributed by atoms with E-state index in [4.69, 9.17) is 4.74 Å². The number of ether oxygens (including phenoxy) is 1. The zero-order chi connectivity index (χ0) is 15.2. The van der Waals surface area contributed by atoms with Gasteiger partial charge in [-0.1, -0.05) is 12.8 Å². The van der Waals surface area contributed by atoms with Crippen LogP contribution in [0.5, 0.6) is 5.75 Å². The topological polar surface area (TPSA) is 49.8 Å². The fourth-order valence-electron chi connectivity index (χ4n) is 2.99. The zero-order valence-corrected chi connectivity index (χ0v) is 13.0. The van der Waals surface area contributed by atoms with E-state index in [1.165, 1.54) is 12.8 Å². The van der Waals surface area contributed by atoms with Crippen LogP contribution in [0, 0.1) is 0 Å². The summed E-state index contributed by atoms with van der Waals surface area (Å²) in [7, 11) is 1.65. The van der Waals surface area contributed by atoms with E-state index in [0.29, 0.717) is 5.56 Å². The molecule has 1 aromatic carbocycles. The summed E-state index contributed by atoms with van der Waals surface area (Å²) < 4.78 is 5.42. The van der Waals surface area contributed by atoms with Crippen LogP contribution < -0.4 is 4.74 Å². The van der Waals surface area contributed by atoms with Gasteiger partial charge < -0.3 is 9.84 Å². The summed E-state index contributed by atoms with van der Waals surface area (Å²) in [5.41, 5.74) is 1.73. The van der Waals surface area contributed by atoms with E-state index in [0.717, 1.165) is 37.2 Å². The van der Waals surface area contributed by atoms with Crippen molar-refractivity contribution in [3.63, 3.8) is 0 Å². The number of likely N-dealkylation sites (tertiary alicyclic amines) is 1. The first-order valence-electron chi connectivity index (χ1n) is 7.68. The Hall–Kier alpha value is -1.39. The number of aliphatic hydroxyl groups is 1. The quantitative estimate of drug-likeness (QED) is 0.847. The summed E-state index contributed by atoms with van der Waals surface area (Å²) in [5, 5.41) is 9.61. The number of ketones is 1. The van der Waals surface area contributed by atoms with E-state index < -0.39 is 0 Å².